The molecule has 24 heavy (non-hydrogen) atoms. The van der Waals surface area contributed by atoms with Gasteiger partial charge in [-0.05, 0) is 30.9 Å². The number of likely N-dealkylation sites (tertiary alicyclic amines) is 1. The van der Waals surface area contributed by atoms with Crippen LogP contribution in [0.15, 0.2) is 24.3 Å². The Kier molecular flexibility index (Phi) is 5.69. The lowest BCUT2D eigenvalue weighted by molar-refractivity contribution is -0.274. The van der Waals surface area contributed by atoms with Crippen molar-refractivity contribution in [1.29, 1.82) is 0 Å². The second kappa shape index (κ2) is 7.55. The van der Waals surface area contributed by atoms with Crippen molar-refractivity contribution in [2.75, 3.05) is 13.1 Å². The van der Waals surface area contributed by atoms with Gasteiger partial charge in [-0.2, -0.15) is 0 Å². The van der Waals surface area contributed by atoms with Crippen LogP contribution in [0.25, 0.3) is 0 Å². The molecule has 1 saturated heterocycles. The number of hydrogen-bond donors (Lipinski definition) is 1. The van der Waals surface area contributed by atoms with Crippen LogP contribution in [-0.4, -0.2) is 36.2 Å². The topological polar surface area (TPSA) is 72.6 Å². The molecule has 2 N–H and O–H groups in total. The van der Waals surface area contributed by atoms with Crippen LogP contribution < -0.4 is 10.5 Å². The lowest BCUT2D eigenvalue weighted by atomic mass is 9.97. The van der Waals surface area contributed by atoms with Crippen molar-refractivity contribution in [1.82, 2.24) is 4.90 Å². The Morgan fingerprint density at radius 2 is 2.00 bits per heavy atom. The Bertz CT molecular complexity index is 604. The quantitative estimate of drug-likeness (QED) is 0.890. The van der Waals surface area contributed by atoms with Crippen LogP contribution in [0.2, 0.25) is 0 Å². The van der Waals surface area contributed by atoms with Gasteiger partial charge in [-0.25, -0.2) is 0 Å². The molecule has 5 nitrogen and oxygen atoms in total. The summed E-state index contributed by atoms with van der Waals surface area (Å²) in [5.41, 5.74) is 5.58. The van der Waals surface area contributed by atoms with Crippen LogP contribution in [-0.2, 0) is 16.0 Å². The number of nitrogens with two attached hydrogens (primary N) is 1. The number of carbonyl (C=O) groups is 2. The van der Waals surface area contributed by atoms with Gasteiger partial charge >= 0.3 is 6.36 Å². The van der Waals surface area contributed by atoms with E-state index >= 15 is 0 Å². The molecular formula is C16H19F3N2O3. The number of amides is 2. The number of rotatable bonds is 5. The zero-order valence-corrected chi connectivity index (χ0v) is 13.0. The number of nitrogens with zero attached hydrogens (tertiary/aromatic N) is 1. The minimum absolute atomic E-state index is 0.0453. The van der Waals surface area contributed by atoms with Crippen molar-refractivity contribution in [3.63, 3.8) is 0 Å². The summed E-state index contributed by atoms with van der Waals surface area (Å²) in [6.45, 7) is 0.804. The van der Waals surface area contributed by atoms with Gasteiger partial charge in [0.2, 0.25) is 11.8 Å². The summed E-state index contributed by atoms with van der Waals surface area (Å²) in [4.78, 5) is 25.0. The first-order chi connectivity index (χ1) is 11.3. The Balaban J connectivity index is 1.96. The molecule has 132 valence electrons. The Hall–Kier alpha value is -2.25. The molecule has 0 bridgehead atoms. The number of ether oxygens (including phenoxy) is 1. The van der Waals surface area contributed by atoms with Crippen LogP contribution in [0.4, 0.5) is 13.2 Å². The summed E-state index contributed by atoms with van der Waals surface area (Å²) >= 11 is 0. The zero-order chi connectivity index (χ0) is 17.7. The monoisotopic (exact) mass is 344 g/mol. The van der Waals surface area contributed by atoms with Crippen LogP contribution in [0.3, 0.4) is 0 Å². The van der Waals surface area contributed by atoms with Gasteiger partial charge in [0.05, 0.1) is 5.92 Å². The fourth-order valence-electron chi connectivity index (χ4n) is 2.77. The third kappa shape index (κ3) is 5.14. The SMILES string of the molecule is NC(=O)C1CCCN(C(=O)CCc2ccccc2OC(F)(F)F)C1. The van der Waals surface area contributed by atoms with E-state index in [0.29, 0.717) is 24.9 Å². The molecule has 2 amide bonds. The summed E-state index contributed by atoms with van der Waals surface area (Å²) < 4.78 is 41.1. The summed E-state index contributed by atoms with van der Waals surface area (Å²) in [5.74, 6) is -1.30. The van der Waals surface area contributed by atoms with Gasteiger partial charge in [0.25, 0.3) is 0 Å². The first-order valence-electron chi connectivity index (χ1n) is 7.67. The zero-order valence-electron chi connectivity index (χ0n) is 13.0. The van der Waals surface area contributed by atoms with Crippen molar-refractivity contribution in [2.24, 2.45) is 11.7 Å². The number of carbonyl (C=O) groups excluding carboxylic acids is 2. The number of para-hydroxylation sites is 1. The Morgan fingerprint density at radius 1 is 1.29 bits per heavy atom. The molecule has 1 unspecified atom stereocenters. The lowest BCUT2D eigenvalue weighted by Gasteiger charge is -2.31. The Morgan fingerprint density at radius 3 is 2.67 bits per heavy atom. The van der Waals surface area contributed by atoms with Gasteiger partial charge in [0.1, 0.15) is 5.75 Å². The van der Waals surface area contributed by atoms with E-state index in [1.807, 2.05) is 0 Å². The molecule has 0 spiro atoms. The second-order valence-electron chi connectivity index (χ2n) is 5.74. The number of halogens is 3. The number of hydrogen-bond acceptors (Lipinski definition) is 3. The van der Waals surface area contributed by atoms with Gasteiger partial charge in [-0.3, -0.25) is 9.59 Å². The van der Waals surface area contributed by atoms with E-state index in [4.69, 9.17) is 5.73 Å². The maximum Gasteiger partial charge on any atom is 0.573 e. The summed E-state index contributed by atoms with van der Waals surface area (Å²) in [5, 5.41) is 0. The lowest BCUT2D eigenvalue weighted by Crippen LogP contribution is -2.44. The van der Waals surface area contributed by atoms with Crippen molar-refractivity contribution in [2.45, 2.75) is 32.0 Å². The van der Waals surface area contributed by atoms with E-state index in [0.717, 1.165) is 0 Å². The van der Waals surface area contributed by atoms with Gasteiger partial charge in [-0.1, -0.05) is 18.2 Å². The molecule has 1 aliphatic heterocycles. The molecule has 0 aromatic heterocycles. The minimum atomic E-state index is -4.78. The van der Waals surface area contributed by atoms with Crippen molar-refractivity contribution in [3.05, 3.63) is 29.8 Å². The van der Waals surface area contributed by atoms with E-state index in [1.54, 1.807) is 11.0 Å². The van der Waals surface area contributed by atoms with Crippen LogP contribution >= 0.6 is 0 Å². The first-order valence-corrected chi connectivity index (χ1v) is 7.67. The maximum atomic E-state index is 12.4. The van der Waals surface area contributed by atoms with E-state index < -0.39 is 12.3 Å². The molecule has 1 aromatic rings. The highest BCUT2D eigenvalue weighted by molar-refractivity contribution is 5.80. The van der Waals surface area contributed by atoms with Crippen LogP contribution in [0.5, 0.6) is 5.75 Å². The number of primary amides is 1. The average Bonchev–Trinajstić information content (AvgIpc) is 2.52. The first kappa shape index (κ1) is 18.1. The Labute approximate surface area is 137 Å². The maximum absolute atomic E-state index is 12.4. The standard InChI is InChI=1S/C16H19F3N2O3/c17-16(18,19)24-13-6-2-1-4-11(13)7-8-14(22)21-9-3-5-12(10-21)15(20)23/h1-2,4,6,12H,3,5,7-10H2,(H2,20,23). The average molecular weight is 344 g/mol. The molecule has 1 aliphatic rings. The molecule has 0 saturated carbocycles. The van der Waals surface area contributed by atoms with E-state index in [-0.39, 0.29) is 37.0 Å². The highest BCUT2D eigenvalue weighted by atomic mass is 19.4. The number of piperidine rings is 1. The molecule has 0 aliphatic carbocycles. The highest BCUT2D eigenvalue weighted by Gasteiger charge is 2.32. The van der Waals surface area contributed by atoms with E-state index in [2.05, 4.69) is 4.74 Å². The number of aryl methyl sites for hydroxylation is 1. The van der Waals surface area contributed by atoms with Crippen LogP contribution in [0.1, 0.15) is 24.8 Å². The van der Waals surface area contributed by atoms with Crippen molar-refractivity contribution < 1.29 is 27.5 Å². The van der Waals surface area contributed by atoms with Gasteiger partial charge in [0.15, 0.2) is 0 Å². The minimum Gasteiger partial charge on any atom is -0.406 e. The predicted octanol–water partition coefficient (Wildman–Crippen LogP) is 2.24. The van der Waals surface area contributed by atoms with Gasteiger partial charge in [0, 0.05) is 19.5 Å². The second-order valence-corrected chi connectivity index (χ2v) is 5.74. The smallest absolute Gasteiger partial charge is 0.406 e. The summed E-state index contributed by atoms with van der Waals surface area (Å²) in [7, 11) is 0. The predicted molar refractivity (Wildman–Crippen MR) is 79.9 cm³/mol. The van der Waals surface area contributed by atoms with Gasteiger partial charge in [-0.15, -0.1) is 13.2 Å². The molecule has 1 atom stereocenters. The molecule has 1 fully saturated rings. The van der Waals surface area contributed by atoms with Crippen molar-refractivity contribution >= 4 is 11.8 Å². The molecule has 2 rings (SSSR count). The highest BCUT2D eigenvalue weighted by Crippen LogP contribution is 2.27. The molecule has 1 aromatic carbocycles. The summed E-state index contributed by atoms with van der Waals surface area (Å²) in [6.07, 6.45) is -3.26. The van der Waals surface area contributed by atoms with Gasteiger partial charge < -0.3 is 15.4 Å². The number of benzene rings is 1. The fraction of sp³-hybridized carbons (Fsp3) is 0.500. The van der Waals surface area contributed by atoms with E-state index in [1.165, 1.54) is 18.2 Å². The molecular weight excluding hydrogens is 325 g/mol. The van der Waals surface area contributed by atoms with Crippen molar-refractivity contribution in [3.8, 4) is 5.75 Å². The third-order valence-electron chi connectivity index (χ3n) is 3.98. The molecule has 8 heteroatoms. The van der Waals surface area contributed by atoms with Crippen LogP contribution in [0, 0.1) is 5.92 Å². The third-order valence-corrected chi connectivity index (χ3v) is 3.98. The number of alkyl halides is 3. The normalized spacial score (nSPS) is 18.3. The summed E-state index contributed by atoms with van der Waals surface area (Å²) in [6, 6.07) is 5.75. The largest absolute Gasteiger partial charge is 0.573 e. The fourth-order valence-corrected chi connectivity index (χ4v) is 2.77. The molecule has 1 heterocycles. The molecule has 0 radical (unpaired) electrons. The van der Waals surface area contributed by atoms with E-state index in [9.17, 15) is 22.8 Å².